The molecule has 0 amide bonds. The molecule has 0 fully saturated rings. The Balaban J connectivity index is 2.17. The lowest BCUT2D eigenvalue weighted by atomic mass is 10.1. The fourth-order valence-electron chi connectivity index (χ4n) is 2.23. The normalized spacial score (nSPS) is 10.5. The molecule has 3 rings (SSSR count). The van der Waals surface area contributed by atoms with Crippen molar-refractivity contribution < 1.29 is 18.1 Å². The fourth-order valence-corrected chi connectivity index (χ4v) is 2.23. The van der Waals surface area contributed by atoms with Gasteiger partial charge < -0.3 is 5.32 Å². The van der Waals surface area contributed by atoms with Crippen LogP contribution in [0.3, 0.4) is 0 Å². The number of benzene rings is 2. The number of aromatic nitrogens is 2. The van der Waals surface area contributed by atoms with Crippen molar-refractivity contribution in [3.63, 3.8) is 0 Å². The Morgan fingerprint density at radius 3 is 2.20 bits per heavy atom. The monoisotopic (exact) mass is 346 g/mol. The van der Waals surface area contributed by atoms with E-state index in [2.05, 4.69) is 15.3 Å². The predicted octanol–water partition coefficient (Wildman–Crippen LogP) is 4.21. The summed E-state index contributed by atoms with van der Waals surface area (Å²) in [6, 6.07) is 8.43. The first-order valence-corrected chi connectivity index (χ1v) is 6.94. The number of nitrogens with zero attached hydrogens (tertiary/aromatic N) is 3. The van der Waals surface area contributed by atoms with Gasteiger partial charge in [-0.15, -0.1) is 0 Å². The molecule has 0 aliphatic heterocycles. The largest absolute Gasteiger partial charge is 0.337 e. The van der Waals surface area contributed by atoms with Crippen LogP contribution < -0.4 is 5.32 Å². The van der Waals surface area contributed by atoms with Gasteiger partial charge in [0.05, 0.1) is 4.92 Å². The number of nitro groups is 1. The number of nitrogens with one attached hydrogen (secondary N) is 1. The standard InChI is InChI=1S/C16H9F3N4O2/c17-10-5-2-1-4-9(10)13-15(23(24)25)16(21-8-20-13)22-14-11(18)6-3-7-12(14)19/h1-8H,(H,20,21,22). The van der Waals surface area contributed by atoms with E-state index >= 15 is 0 Å². The van der Waals surface area contributed by atoms with Gasteiger partial charge in [0.2, 0.25) is 5.82 Å². The second-order valence-corrected chi connectivity index (χ2v) is 4.88. The van der Waals surface area contributed by atoms with Gasteiger partial charge in [-0.05, 0) is 24.3 Å². The minimum Gasteiger partial charge on any atom is -0.330 e. The molecule has 0 aliphatic rings. The predicted molar refractivity (Wildman–Crippen MR) is 83.7 cm³/mol. The highest BCUT2D eigenvalue weighted by Crippen LogP contribution is 2.36. The summed E-state index contributed by atoms with van der Waals surface area (Å²) in [5, 5.41) is 13.7. The Morgan fingerprint density at radius 2 is 1.56 bits per heavy atom. The molecule has 0 atom stereocenters. The van der Waals surface area contributed by atoms with Crippen molar-refractivity contribution >= 4 is 17.2 Å². The third-order valence-corrected chi connectivity index (χ3v) is 3.34. The van der Waals surface area contributed by atoms with Gasteiger partial charge in [0.25, 0.3) is 0 Å². The zero-order chi connectivity index (χ0) is 18.0. The topological polar surface area (TPSA) is 81.0 Å². The number of hydrogen-bond acceptors (Lipinski definition) is 5. The van der Waals surface area contributed by atoms with Crippen molar-refractivity contribution in [2.24, 2.45) is 0 Å². The number of para-hydroxylation sites is 1. The second kappa shape index (κ2) is 6.56. The van der Waals surface area contributed by atoms with Gasteiger partial charge in [-0.2, -0.15) is 0 Å². The zero-order valence-corrected chi connectivity index (χ0v) is 12.4. The molecule has 0 bridgehead atoms. The van der Waals surface area contributed by atoms with Gasteiger partial charge in [0.15, 0.2) is 5.69 Å². The van der Waals surface area contributed by atoms with Crippen LogP contribution in [0.5, 0.6) is 0 Å². The van der Waals surface area contributed by atoms with Gasteiger partial charge in [-0.1, -0.05) is 18.2 Å². The summed E-state index contributed by atoms with van der Waals surface area (Å²) >= 11 is 0. The average Bonchev–Trinajstić information content (AvgIpc) is 2.58. The lowest BCUT2D eigenvalue weighted by Gasteiger charge is -2.10. The molecule has 25 heavy (non-hydrogen) atoms. The molecule has 126 valence electrons. The second-order valence-electron chi connectivity index (χ2n) is 4.88. The van der Waals surface area contributed by atoms with E-state index in [4.69, 9.17) is 0 Å². The van der Waals surface area contributed by atoms with Crippen LogP contribution in [-0.2, 0) is 0 Å². The summed E-state index contributed by atoms with van der Waals surface area (Å²) in [7, 11) is 0. The molecule has 1 heterocycles. The smallest absolute Gasteiger partial charge is 0.330 e. The molecule has 0 aliphatic carbocycles. The summed E-state index contributed by atoms with van der Waals surface area (Å²) in [5.41, 5.74) is -1.75. The van der Waals surface area contributed by atoms with Crippen molar-refractivity contribution in [3.05, 3.63) is 76.4 Å². The summed E-state index contributed by atoms with van der Waals surface area (Å²) in [6.07, 6.45) is 0.940. The Bertz CT molecular complexity index is 946. The van der Waals surface area contributed by atoms with Crippen LogP contribution in [0.1, 0.15) is 0 Å². The molecule has 0 spiro atoms. The van der Waals surface area contributed by atoms with Crippen LogP contribution in [0.2, 0.25) is 0 Å². The lowest BCUT2D eigenvalue weighted by Crippen LogP contribution is -2.06. The van der Waals surface area contributed by atoms with Crippen molar-refractivity contribution in [2.75, 3.05) is 5.32 Å². The first-order valence-electron chi connectivity index (χ1n) is 6.94. The van der Waals surface area contributed by atoms with Crippen LogP contribution >= 0.6 is 0 Å². The first-order chi connectivity index (χ1) is 12.0. The third-order valence-electron chi connectivity index (χ3n) is 3.34. The molecule has 0 radical (unpaired) electrons. The van der Waals surface area contributed by atoms with Crippen LogP contribution in [0, 0.1) is 27.6 Å². The molecular formula is C16H9F3N4O2. The number of anilines is 2. The van der Waals surface area contributed by atoms with E-state index in [0.29, 0.717) is 0 Å². The maximum atomic E-state index is 14.0. The molecule has 2 aromatic carbocycles. The van der Waals surface area contributed by atoms with E-state index in [1.165, 1.54) is 18.2 Å². The maximum absolute atomic E-state index is 14.0. The van der Waals surface area contributed by atoms with E-state index < -0.39 is 39.6 Å². The molecule has 9 heteroatoms. The van der Waals surface area contributed by atoms with E-state index in [9.17, 15) is 23.3 Å². The Kier molecular flexibility index (Phi) is 4.29. The zero-order valence-electron chi connectivity index (χ0n) is 12.4. The van der Waals surface area contributed by atoms with E-state index in [1.807, 2.05) is 0 Å². The molecule has 0 unspecified atom stereocenters. The fraction of sp³-hybridized carbons (Fsp3) is 0. The quantitative estimate of drug-likeness (QED) is 0.565. The highest BCUT2D eigenvalue weighted by Gasteiger charge is 2.26. The average molecular weight is 346 g/mol. The van der Waals surface area contributed by atoms with Gasteiger partial charge in [0, 0.05) is 5.56 Å². The van der Waals surface area contributed by atoms with Crippen LogP contribution in [0.15, 0.2) is 48.8 Å². The SMILES string of the molecule is O=[N+]([O-])c1c(Nc2c(F)cccc2F)ncnc1-c1ccccc1F. The molecule has 1 N–H and O–H groups in total. The molecule has 0 saturated carbocycles. The van der Waals surface area contributed by atoms with E-state index in [1.54, 1.807) is 0 Å². The summed E-state index contributed by atoms with van der Waals surface area (Å²) < 4.78 is 41.5. The highest BCUT2D eigenvalue weighted by atomic mass is 19.1. The lowest BCUT2D eigenvalue weighted by molar-refractivity contribution is -0.383. The number of halogens is 3. The van der Waals surface area contributed by atoms with Gasteiger partial charge in [0.1, 0.15) is 29.5 Å². The molecule has 0 saturated heterocycles. The van der Waals surface area contributed by atoms with Crippen LogP contribution in [0.4, 0.5) is 30.4 Å². The van der Waals surface area contributed by atoms with Crippen molar-refractivity contribution in [1.82, 2.24) is 9.97 Å². The van der Waals surface area contributed by atoms with Crippen molar-refractivity contribution in [3.8, 4) is 11.3 Å². The maximum Gasteiger partial charge on any atom is 0.337 e. The summed E-state index contributed by atoms with van der Waals surface area (Å²) in [4.78, 5) is 18.0. The molecular weight excluding hydrogens is 337 g/mol. The van der Waals surface area contributed by atoms with E-state index in [0.717, 1.165) is 30.6 Å². The van der Waals surface area contributed by atoms with Gasteiger partial charge in [-0.25, -0.2) is 23.1 Å². The Morgan fingerprint density at radius 1 is 0.920 bits per heavy atom. The van der Waals surface area contributed by atoms with Crippen molar-refractivity contribution in [2.45, 2.75) is 0 Å². The molecule has 3 aromatic rings. The molecule has 6 nitrogen and oxygen atoms in total. The minimum absolute atomic E-state index is 0.131. The Hall–Kier alpha value is -3.49. The van der Waals surface area contributed by atoms with Crippen LogP contribution in [-0.4, -0.2) is 14.9 Å². The van der Waals surface area contributed by atoms with Gasteiger partial charge >= 0.3 is 5.69 Å². The summed E-state index contributed by atoms with van der Waals surface area (Å²) in [6.45, 7) is 0. The van der Waals surface area contributed by atoms with Crippen molar-refractivity contribution in [1.29, 1.82) is 0 Å². The van der Waals surface area contributed by atoms with Crippen LogP contribution in [0.25, 0.3) is 11.3 Å². The first kappa shape index (κ1) is 16.4. The summed E-state index contributed by atoms with van der Waals surface area (Å²) in [5.74, 6) is -3.10. The van der Waals surface area contributed by atoms with E-state index in [-0.39, 0.29) is 11.3 Å². The minimum atomic E-state index is -0.958. The highest BCUT2D eigenvalue weighted by molar-refractivity contribution is 5.79. The number of rotatable bonds is 4. The van der Waals surface area contributed by atoms with Gasteiger partial charge in [-0.3, -0.25) is 10.1 Å². The number of hydrogen-bond donors (Lipinski definition) is 1. The third kappa shape index (κ3) is 3.11. The molecule has 1 aromatic heterocycles. The Labute approximate surface area is 139 Å².